The van der Waals surface area contributed by atoms with Crippen molar-refractivity contribution in [3.8, 4) is 22.3 Å². The van der Waals surface area contributed by atoms with E-state index >= 15 is 0 Å². The van der Waals surface area contributed by atoms with E-state index in [1.165, 1.54) is 60.0 Å². The van der Waals surface area contributed by atoms with E-state index in [2.05, 4.69) is 136 Å². The molecule has 1 heterocycles. The summed E-state index contributed by atoms with van der Waals surface area (Å²) in [5.41, 5.74) is 8.09. The van der Waals surface area contributed by atoms with Crippen LogP contribution in [0.25, 0.3) is 76.5 Å². The summed E-state index contributed by atoms with van der Waals surface area (Å²) in [4.78, 5) is 0. The molecule has 0 amide bonds. The molecule has 1 nitrogen and oxygen atoms in total. The summed E-state index contributed by atoms with van der Waals surface area (Å²) in [5, 5.41) is 10.3. The van der Waals surface area contributed by atoms with E-state index in [0.29, 0.717) is 0 Å². The van der Waals surface area contributed by atoms with Gasteiger partial charge in [-0.15, -0.1) is 0 Å². The molecule has 0 aliphatic carbocycles. The molecule has 0 unspecified atom stereocenters. The Balaban J connectivity index is 1.46. The second-order valence-corrected chi connectivity index (χ2v) is 11.7. The van der Waals surface area contributed by atoms with Crippen molar-refractivity contribution in [2.24, 2.45) is 0 Å². The Kier molecular flexibility index (Phi) is 4.56. The fraction of sp³-hybridized carbons (Fsp3) is 0.105. The summed E-state index contributed by atoms with van der Waals surface area (Å²) in [6.07, 6.45) is 0. The summed E-state index contributed by atoms with van der Waals surface area (Å²) >= 11 is 0. The lowest BCUT2D eigenvalue weighted by Crippen LogP contribution is -2.11. The Morgan fingerprint density at radius 1 is 0.462 bits per heavy atom. The van der Waals surface area contributed by atoms with Gasteiger partial charge in [0.05, 0.1) is 0 Å². The number of para-hydroxylation sites is 1. The lowest BCUT2D eigenvalue weighted by molar-refractivity contribution is 0.596. The molecule has 0 N–H and O–H groups in total. The molecule has 0 aliphatic rings. The molecule has 1 aromatic heterocycles. The maximum Gasteiger partial charge on any atom is 0.143 e. The summed E-state index contributed by atoms with van der Waals surface area (Å²) < 4.78 is 6.58. The van der Waals surface area contributed by atoms with Crippen LogP contribution in [0.1, 0.15) is 26.3 Å². The van der Waals surface area contributed by atoms with Crippen molar-refractivity contribution in [2.45, 2.75) is 26.2 Å². The molecular weight excluding hydrogens is 472 g/mol. The molecule has 0 bridgehead atoms. The average molecular weight is 501 g/mol. The first kappa shape index (κ1) is 22.4. The SMILES string of the molecule is CC(C)(C)c1ccc2ccc3c(-c4cccc5oc6c(-c7ccccc7)cccc6c45)ccc4ccc1c2c43. The maximum absolute atomic E-state index is 6.58. The van der Waals surface area contributed by atoms with E-state index < -0.39 is 0 Å². The summed E-state index contributed by atoms with van der Waals surface area (Å²) in [6, 6.07) is 41.9. The second kappa shape index (κ2) is 7.94. The first-order valence-electron chi connectivity index (χ1n) is 13.7. The van der Waals surface area contributed by atoms with E-state index in [1.54, 1.807) is 0 Å². The highest BCUT2D eigenvalue weighted by molar-refractivity contribution is 6.27. The van der Waals surface area contributed by atoms with E-state index in [1.807, 2.05) is 0 Å². The highest BCUT2D eigenvalue weighted by atomic mass is 16.3. The van der Waals surface area contributed by atoms with Crippen molar-refractivity contribution in [1.29, 1.82) is 0 Å². The summed E-state index contributed by atoms with van der Waals surface area (Å²) in [5.74, 6) is 0. The molecule has 39 heavy (non-hydrogen) atoms. The van der Waals surface area contributed by atoms with Gasteiger partial charge in [0.1, 0.15) is 11.2 Å². The Hall–Kier alpha value is -4.62. The molecule has 0 fully saturated rings. The minimum Gasteiger partial charge on any atom is -0.455 e. The van der Waals surface area contributed by atoms with E-state index in [-0.39, 0.29) is 5.41 Å². The van der Waals surface area contributed by atoms with Crippen molar-refractivity contribution in [3.63, 3.8) is 0 Å². The molecule has 186 valence electrons. The van der Waals surface area contributed by atoms with Crippen molar-refractivity contribution in [1.82, 2.24) is 0 Å². The van der Waals surface area contributed by atoms with Crippen LogP contribution in [0.3, 0.4) is 0 Å². The zero-order valence-corrected chi connectivity index (χ0v) is 22.4. The third-order valence-corrected chi connectivity index (χ3v) is 8.37. The average Bonchev–Trinajstić information content (AvgIpc) is 3.35. The molecule has 7 aromatic carbocycles. The number of rotatable bonds is 2. The topological polar surface area (TPSA) is 13.1 Å². The van der Waals surface area contributed by atoms with Crippen molar-refractivity contribution in [2.75, 3.05) is 0 Å². The first-order valence-corrected chi connectivity index (χ1v) is 13.7. The van der Waals surface area contributed by atoms with Crippen molar-refractivity contribution in [3.05, 3.63) is 121 Å². The monoisotopic (exact) mass is 500 g/mol. The van der Waals surface area contributed by atoms with Gasteiger partial charge >= 0.3 is 0 Å². The van der Waals surface area contributed by atoms with Crippen LogP contribution in [-0.4, -0.2) is 0 Å². The van der Waals surface area contributed by atoms with Crippen molar-refractivity contribution >= 4 is 54.3 Å². The molecule has 0 saturated carbocycles. The van der Waals surface area contributed by atoms with E-state index in [0.717, 1.165) is 22.1 Å². The van der Waals surface area contributed by atoms with E-state index in [4.69, 9.17) is 4.42 Å². The predicted molar refractivity (Wildman–Crippen MR) is 167 cm³/mol. The lowest BCUT2D eigenvalue weighted by Gasteiger charge is -2.23. The summed E-state index contributed by atoms with van der Waals surface area (Å²) in [7, 11) is 0. The molecule has 0 aliphatic heterocycles. The third kappa shape index (κ3) is 3.20. The van der Waals surface area contributed by atoms with Gasteiger partial charge in [-0.1, -0.05) is 130 Å². The Morgan fingerprint density at radius 2 is 1.13 bits per heavy atom. The van der Waals surface area contributed by atoms with Gasteiger partial charge in [0.25, 0.3) is 0 Å². The van der Waals surface area contributed by atoms with Crippen LogP contribution < -0.4 is 0 Å². The van der Waals surface area contributed by atoms with Crippen molar-refractivity contribution < 1.29 is 4.42 Å². The van der Waals surface area contributed by atoms with Gasteiger partial charge in [0.15, 0.2) is 0 Å². The van der Waals surface area contributed by atoms with E-state index in [9.17, 15) is 0 Å². The zero-order chi connectivity index (χ0) is 26.3. The molecule has 0 atom stereocenters. The van der Waals surface area contributed by atoms with Gasteiger partial charge in [0, 0.05) is 16.3 Å². The molecule has 8 aromatic rings. The number of fused-ring (bicyclic) bond motifs is 3. The van der Waals surface area contributed by atoms with Gasteiger partial charge < -0.3 is 4.42 Å². The normalized spacial score (nSPS) is 12.5. The van der Waals surface area contributed by atoms with Crippen LogP contribution in [0.2, 0.25) is 0 Å². The minimum atomic E-state index is 0.0723. The lowest BCUT2D eigenvalue weighted by atomic mass is 9.80. The number of benzene rings is 7. The standard InChI is InChI=1S/C38H28O/c1-38(2,3)32-22-18-25-16-20-29-27(19-15-24-17-21-30(32)35(25)34(24)29)28-12-8-14-33-36(28)31-13-7-11-26(37(31)39-33)23-9-5-4-6-10-23/h4-22H,1-3H3. The Bertz CT molecular complexity index is 2190. The fourth-order valence-corrected chi connectivity index (χ4v) is 6.61. The van der Waals surface area contributed by atoms with Gasteiger partial charge in [0.2, 0.25) is 0 Å². The Morgan fingerprint density at radius 3 is 1.92 bits per heavy atom. The van der Waals surface area contributed by atoms with Gasteiger partial charge in [-0.05, 0) is 66.1 Å². The Labute approximate surface area is 227 Å². The van der Waals surface area contributed by atoms with Crippen LogP contribution >= 0.6 is 0 Å². The highest BCUT2D eigenvalue weighted by Gasteiger charge is 2.21. The smallest absolute Gasteiger partial charge is 0.143 e. The molecule has 1 heteroatoms. The van der Waals surface area contributed by atoms with Gasteiger partial charge in [-0.3, -0.25) is 0 Å². The zero-order valence-electron chi connectivity index (χ0n) is 22.4. The van der Waals surface area contributed by atoms with Crippen LogP contribution in [0, 0.1) is 0 Å². The van der Waals surface area contributed by atoms with Crippen LogP contribution in [0.4, 0.5) is 0 Å². The summed E-state index contributed by atoms with van der Waals surface area (Å²) in [6.45, 7) is 6.91. The molecule has 0 saturated heterocycles. The highest BCUT2D eigenvalue weighted by Crippen LogP contribution is 2.45. The number of hydrogen-bond donors (Lipinski definition) is 0. The second-order valence-electron chi connectivity index (χ2n) is 11.7. The van der Waals surface area contributed by atoms with Crippen LogP contribution in [-0.2, 0) is 5.41 Å². The van der Waals surface area contributed by atoms with Crippen LogP contribution in [0.5, 0.6) is 0 Å². The largest absolute Gasteiger partial charge is 0.455 e. The maximum atomic E-state index is 6.58. The van der Waals surface area contributed by atoms with Crippen LogP contribution in [0.15, 0.2) is 120 Å². The third-order valence-electron chi connectivity index (χ3n) is 8.37. The van der Waals surface area contributed by atoms with Gasteiger partial charge in [-0.25, -0.2) is 0 Å². The first-order chi connectivity index (χ1) is 19.0. The molecule has 8 rings (SSSR count). The fourth-order valence-electron chi connectivity index (χ4n) is 6.61. The van der Waals surface area contributed by atoms with Gasteiger partial charge in [-0.2, -0.15) is 0 Å². The number of hydrogen-bond acceptors (Lipinski definition) is 1. The predicted octanol–water partition coefficient (Wildman–Crippen LogP) is 11.1. The molecule has 0 radical (unpaired) electrons. The number of furan rings is 1. The minimum absolute atomic E-state index is 0.0723. The quantitative estimate of drug-likeness (QED) is 0.215. The molecule has 0 spiro atoms. The molecular formula is C38H28O.